The van der Waals surface area contributed by atoms with Gasteiger partial charge < -0.3 is 0 Å². The predicted molar refractivity (Wildman–Crippen MR) is 87.2 cm³/mol. The van der Waals surface area contributed by atoms with Crippen LogP contribution >= 0.6 is 11.6 Å². The number of rotatable bonds is 3. The summed E-state index contributed by atoms with van der Waals surface area (Å²) in [7, 11) is 1.88. The molecule has 0 radical (unpaired) electrons. The maximum Gasteiger partial charge on any atom is 0.137 e. The van der Waals surface area contributed by atoms with E-state index in [1.165, 1.54) is 6.33 Å². The summed E-state index contributed by atoms with van der Waals surface area (Å²) in [6.45, 7) is 0. The van der Waals surface area contributed by atoms with Gasteiger partial charge >= 0.3 is 0 Å². The van der Waals surface area contributed by atoms with Crippen LogP contribution in [0.1, 0.15) is 17.2 Å². The fraction of sp³-hybridized carbons (Fsp3) is 0.125. The number of aromatic nitrogens is 6. The second-order valence-corrected chi connectivity index (χ2v) is 5.73. The van der Waals surface area contributed by atoms with Crippen molar-refractivity contribution in [2.75, 3.05) is 0 Å². The number of hydrogen-bond acceptors (Lipinski definition) is 4. The first kappa shape index (κ1) is 13.9. The average Bonchev–Trinajstić information content (AvgIpc) is 3.20. The number of benzene rings is 2. The molecule has 1 atom stereocenters. The van der Waals surface area contributed by atoms with Crippen molar-refractivity contribution in [1.29, 1.82) is 0 Å². The number of fused-ring (bicyclic) bond motifs is 1. The van der Waals surface area contributed by atoms with E-state index < -0.39 is 0 Å². The third-order valence-electron chi connectivity index (χ3n) is 3.84. The van der Waals surface area contributed by atoms with Gasteiger partial charge in [-0.3, -0.25) is 0 Å². The third kappa shape index (κ3) is 2.47. The van der Waals surface area contributed by atoms with Crippen molar-refractivity contribution in [3.8, 4) is 0 Å². The zero-order valence-corrected chi connectivity index (χ0v) is 13.1. The van der Waals surface area contributed by atoms with Gasteiger partial charge in [-0.05, 0) is 35.4 Å². The maximum absolute atomic E-state index is 6.01. The van der Waals surface area contributed by atoms with Crippen molar-refractivity contribution in [3.63, 3.8) is 0 Å². The second kappa shape index (κ2) is 5.48. The summed E-state index contributed by atoms with van der Waals surface area (Å²) in [4.78, 5) is 4.07. The highest BCUT2D eigenvalue weighted by molar-refractivity contribution is 6.30. The normalized spacial score (nSPS) is 12.6. The SMILES string of the molecule is [11CH3]n1nnc2cc([C@@H](c3ccc(Cl)cc3)n3cncn3)ccc21. The first-order chi connectivity index (χ1) is 11.2. The van der Waals surface area contributed by atoms with Crippen LogP contribution in [0.4, 0.5) is 0 Å². The van der Waals surface area contributed by atoms with Crippen molar-refractivity contribution in [2.24, 2.45) is 7.05 Å². The van der Waals surface area contributed by atoms with Gasteiger partial charge in [-0.15, -0.1) is 5.10 Å². The van der Waals surface area contributed by atoms with Crippen LogP contribution in [0.5, 0.6) is 0 Å². The van der Waals surface area contributed by atoms with E-state index in [0.29, 0.717) is 5.02 Å². The van der Waals surface area contributed by atoms with Gasteiger partial charge in [0.05, 0.1) is 5.52 Å². The molecule has 2 aromatic heterocycles. The number of nitrogens with zero attached hydrogens (tertiary/aromatic N) is 6. The third-order valence-corrected chi connectivity index (χ3v) is 4.09. The highest BCUT2D eigenvalue weighted by atomic mass is 35.5. The van der Waals surface area contributed by atoms with E-state index in [2.05, 4.69) is 26.5 Å². The Balaban J connectivity index is 1.88. The molecule has 0 aliphatic rings. The summed E-state index contributed by atoms with van der Waals surface area (Å²) in [5.41, 5.74) is 3.97. The summed E-state index contributed by atoms with van der Waals surface area (Å²) in [5, 5.41) is 13.3. The molecule has 114 valence electrons. The summed E-state index contributed by atoms with van der Waals surface area (Å²) in [6.07, 6.45) is 3.24. The molecule has 4 rings (SSSR count). The molecule has 4 aromatic rings. The van der Waals surface area contributed by atoms with Crippen LogP contribution in [0.2, 0.25) is 5.02 Å². The molecule has 0 unspecified atom stereocenters. The summed E-state index contributed by atoms with van der Waals surface area (Å²) in [5.74, 6) is 0. The highest BCUT2D eigenvalue weighted by Crippen LogP contribution is 2.28. The first-order valence-corrected chi connectivity index (χ1v) is 7.49. The van der Waals surface area contributed by atoms with Crippen molar-refractivity contribution < 1.29 is 0 Å². The summed E-state index contributed by atoms with van der Waals surface area (Å²) >= 11 is 6.01. The Morgan fingerprint density at radius 2 is 1.83 bits per heavy atom. The number of aryl methyl sites for hydroxylation is 1. The molecular weight excluding hydrogens is 311 g/mol. The molecule has 0 N–H and O–H groups in total. The molecule has 0 saturated carbocycles. The van der Waals surface area contributed by atoms with Gasteiger partial charge in [-0.25, -0.2) is 14.3 Å². The topological polar surface area (TPSA) is 61.4 Å². The van der Waals surface area contributed by atoms with E-state index in [9.17, 15) is 0 Å². The lowest BCUT2D eigenvalue weighted by Gasteiger charge is -2.18. The van der Waals surface area contributed by atoms with Crippen molar-refractivity contribution in [2.45, 2.75) is 6.04 Å². The maximum atomic E-state index is 6.01. The second-order valence-electron chi connectivity index (χ2n) is 5.29. The first-order valence-electron chi connectivity index (χ1n) is 7.11. The Labute approximate surface area is 137 Å². The molecule has 2 aromatic carbocycles. The highest BCUT2D eigenvalue weighted by Gasteiger charge is 2.18. The zero-order valence-electron chi connectivity index (χ0n) is 12.3. The predicted octanol–water partition coefficient (Wildman–Crippen LogP) is 2.85. The van der Waals surface area contributed by atoms with E-state index in [-0.39, 0.29) is 6.04 Å². The minimum Gasteiger partial charge on any atom is -0.248 e. The minimum absolute atomic E-state index is 0.0961. The van der Waals surface area contributed by atoms with E-state index in [0.717, 1.165) is 22.2 Å². The summed E-state index contributed by atoms with van der Waals surface area (Å²) in [6, 6.07) is 13.8. The van der Waals surface area contributed by atoms with Gasteiger partial charge in [0.25, 0.3) is 0 Å². The lowest BCUT2D eigenvalue weighted by atomic mass is 9.98. The van der Waals surface area contributed by atoms with E-state index >= 15 is 0 Å². The Morgan fingerprint density at radius 3 is 2.57 bits per heavy atom. The van der Waals surface area contributed by atoms with Crippen LogP contribution in [-0.2, 0) is 7.05 Å². The minimum atomic E-state index is -0.0961. The smallest absolute Gasteiger partial charge is 0.137 e. The molecule has 0 spiro atoms. The number of hydrogen-bond donors (Lipinski definition) is 0. The van der Waals surface area contributed by atoms with Crippen LogP contribution < -0.4 is 0 Å². The Kier molecular flexibility index (Phi) is 3.31. The lowest BCUT2D eigenvalue weighted by molar-refractivity contribution is 0.594. The molecular formula is C16H13ClN6. The van der Waals surface area contributed by atoms with Gasteiger partial charge in [0.2, 0.25) is 0 Å². The molecule has 0 aliphatic carbocycles. The monoisotopic (exact) mass is 323 g/mol. The fourth-order valence-electron chi connectivity index (χ4n) is 2.72. The van der Waals surface area contributed by atoms with E-state index in [4.69, 9.17) is 11.6 Å². The zero-order chi connectivity index (χ0) is 15.8. The molecule has 0 saturated heterocycles. The molecule has 0 fully saturated rings. The molecule has 7 heteroatoms. The summed E-state index contributed by atoms with van der Waals surface area (Å²) < 4.78 is 3.58. The largest absolute Gasteiger partial charge is 0.248 e. The van der Waals surface area contributed by atoms with Crippen LogP contribution in [0.25, 0.3) is 11.0 Å². The van der Waals surface area contributed by atoms with Gasteiger partial charge in [0.15, 0.2) is 0 Å². The van der Waals surface area contributed by atoms with Crippen LogP contribution in [0, 0.1) is 0 Å². The molecule has 0 bridgehead atoms. The van der Waals surface area contributed by atoms with E-state index in [1.807, 2.05) is 48.1 Å². The van der Waals surface area contributed by atoms with Crippen LogP contribution in [0.15, 0.2) is 55.1 Å². The van der Waals surface area contributed by atoms with Gasteiger partial charge in [-0.1, -0.05) is 35.0 Å². The van der Waals surface area contributed by atoms with E-state index in [1.54, 1.807) is 11.0 Å². The van der Waals surface area contributed by atoms with Crippen LogP contribution in [-0.4, -0.2) is 29.8 Å². The molecule has 6 nitrogen and oxygen atoms in total. The standard InChI is InChI=1S/C16H13ClN6/c1-22-15-7-4-12(8-14(15)20-21-22)16(23-10-18-9-19-23)11-2-5-13(17)6-3-11/h2-10,16H,1H3/t16-/m1/s1/i1-1. The van der Waals surface area contributed by atoms with Gasteiger partial charge in [-0.2, -0.15) is 5.10 Å². The fourth-order valence-corrected chi connectivity index (χ4v) is 2.85. The van der Waals surface area contributed by atoms with Crippen molar-refractivity contribution in [3.05, 3.63) is 71.3 Å². The molecule has 2 heterocycles. The lowest BCUT2D eigenvalue weighted by Crippen LogP contribution is -2.13. The Morgan fingerprint density at radius 1 is 1.04 bits per heavy atom. The van der Waals surface area contributed by atoms with Crippen LogP contribution in [0.3, 0.4) is 0 Å². The van der Waals surface area contributed by atoms with Crippen molar-refractivity contribution >= 4 is 22.6 Å². The van der Waals surface area contributed by atoms with Gasteiger partial charge in [0.1, 0.15) is 24.2 Å². The molecule has 0 amide bonds. The molecule has 0 aliphatic heterocycles. The molecule has 23 heavy (non-hydrogen) atoms. The van der Waals surface area contributed by atoms with Gasteiger partial charge in [0, 0.05) is 12.1 Å². The quantitative estimate of drug-likeness (QED) is 0.581. The van der Waals surface area contributed by atoms with Crippen molar-refractivity contribution in [1.82, 2.24) is 29.8 Å². The average molecular weight is 324 g/mol. The Hall–Kier alpha value is -2.73. The number of halogens is 1. The Bertz CT molecular complexity index is 943.